The van der Waals surface area contributed by atoms with Gasteiger partial charge < -0.3 is 0 Å². The van der Waals surface area contributed by atoms with Gasteiger partial charge in [-0.05, 0) is 26.0 Å². The molecule has 0 aliphatic heterocycles. The van der Waals surface area contributed by atoms with Crippen LogP contribution in [-0.2, 0) is 9.73 Å². The molecule has 1 rings (SSSR count). The van der Waals surface area contributed by atoms with Crippen LogP contribution in [0.25, 0.3) is 0 Å². The Bertz CT molecular complexity index is 403. The molecular formula is C10H16N2OS. The van der Waals surface area contributed by atoms with Crippen LogP contribution in [0.3, 0.4) is 0 Å². The highest BCUT2D eigenvalue weighted by Gasteiger charge is 2.08. The van der Waals surface area contributed by atoms with E-state index in [9.17, 15) is 4.21 Å². The lowest BCUT2D eigenvalue weighted by molar-refractivity contribution is 0.675. The van der Waals surface area contributed by atoms with Gasteiger partial charge in [0.2, 0.25) is 0 Å². The minimum Gasteiger partial charge on any atom is -0.260 e. The molecule has 0 bridgehead atoms. The molecule has 14 heavy (non-hydrogen) atoms. The number of pyridine rings is 1. The van der Waals surface area contributed by atoms with Gasteiger partial charge in [0.15, 0.2) is 0 Å². The second-order valence-electron chi connectivity index (χ2n) is 3.01. The predicted molar refractivity (Wildman–Crippen MR) is 58.9 cm³/mol. The van der Waals surface area contributed by atoms with Crippen molar-refractivity contribution in [3.63, 3.8) is 0 Å². The Hall–Kier alpha value is -0.900. The fraction of sp³-hybridized carbons (Fsp3) is 0.500. The number of aromatic nitrogens is 1. The molecule has 3 nitrogen and oxygen atoms in total. The van der Waals surface area contributed by atoms with Gasteiger partial charge >= 0.3 is 0 Å². The quantitative estimate of drug-likeness (QED) is 0.771. The molecule has 0 spiro atoms. The molecule has 0 saturated carbocycles. The van der Waals surface area contributed by atoms with E-state index in [0.717, 1.165) is 10.6 Å². The van der Waals surface area contributed by atoms with Crippen LogP contribution in [0.2, 0.25) is 0 Å². The predicted octanol–water partition coefficient (Wildman–Crippen LogP) is 2.26. The van der Waals surface area contributed by atoms with Crippen molar-refractivity contribution in [3.8, 4) is 0 Å². The molecule has 0 N–H and O–H groups in total. The summed E-state index contributed by atoms with van der Waals surface area (Å²) in [4.78, 5) is 4.88. The van der Waals surface area contributed by atoms with Crippen LogP contribution in [0.1, 0.15) is 19.5 Å². The first-order chi connectivity index (χ1) is 6.62. The first kappa shape index (κ1) is 11.2. The lowest BCUT2D eigenvalue weighted by Gasteiger charge is -2.06. The fourth-order valence-corrected chi connectivity index (χ4v) is 2.76. The van der Waals surface area contributed by atoms with Crippen LogP contribution in [0.4, 0.5) is 0 Å². The summed E-state index contributed by atoms with van der Waals surface area (Å²) in [6, 6.07) is 3.73. The third-order valence-corrected chi connectivity index (χ3v) is 4.42. The van der Waals surface area contributed by atoms with Crippen LogP contribution in [0.5, 0.6) is 0 Å². The highest BCUT2D eigenvalue weighted by Crippen LogP contribution is 2.12. The third-order valence-electron chi connectivity index (χ3n) is 1.98. The van der Waals surface area contributed by atoms with E-state index >= 15 is 0 Å². The molecule has 4 heteroatoms. The summed E-state index contributed by atoms with van der Waals surface area (Å²) in [5.74, 6) is 0.547. The van der Waals surface area contributed by atoms with Gasteiger partial charge in [0.05, 0.1) is 14.6 Å². The number of nitrogens with zero attached hydrogens (tertiary/aromatic N) is 2. The van der Waals surface area contributed by atoms with E-state index in [1.54, 1.807) is 6.20 Å². The largest absolute Gasteiger partial charge is 0.260 e. The van der Waals surface area contributed by atoms with E-state index in [1.165, 1.54) is 0 Å². The lowest BCUT2D eigenvalue weighted by atomic mass is 10.4. The highest BCUT2D eigenvalue weighted by molar-refractivity contribution is 7.93. The maximum absolute atomic E-state index is 12.3. The van der Waals surface area contributed by atoms with Crippen LogP contribution < -0.4 is 0 Å². The number of hydrogen-bond donors (Lipinski definition) is 0. The highest BCUT2D eigenvalue weighted by atomic mass is 32.2. The van der Waals surface area contributed by atoms with Crippen LogP contribution >= 0.6 is 0 Å². The summed E-state index contributed by atoms with van der Waals surface area (Å²) in [6.45, 7) is 6.29. The molecule has 1 heterocycles. The Labute approximate surface area is 85.8 Å². The Kier molecular flexibility index (Phi) is 3.63. The normalized spacial score (nSPS) is 14.8. The summed E-state index contributed by atoms with van der Waals surface area (Å²) in [5, 5.41) is 0. The second-order valence-corrected chi connectivity index (χ2v) is 5.60. The molecule has 0 amide bonds. The van der Waals surface area contributed by atoms with Gasteiger partial charge in [0.25, 0.3) is 0 Å². The summed E-state index contributed by atoms with van der Waals surface area (Å²) in [5.41, 5.74) is 0.933. The molecule has 0 saturated heterocycles. The Morgan fingerprint density at radius 3 is 2.57 bits per heavy atom. The summed E-state index contributed by atoms with van der Waals surface area (Å²) in [7, 11) is -2.21. The van der Waals surface area contributed by atoms with E-state index in [4.69, 9.17) is 0 Å². The lowest BCUT2D eigenvalue weighted by Crippen LogP contribution is -2.05. The zero-order chi connectivity index (χ0) is 10.6. The number of hydrogen-bond acceptors (Lipinski definition) is 3. The fourth-order valence-electron chi connectivity index (χ4n) is 1.18. The van der Waals surface area contributed by atoms with Gasteiger partial charge in [-0.2, -0.15) is 0 Å². The van der Waals surface area contributed by atoms with Crippen molar-refractivity contribution in [1.29, 1.82) is 0 Å². The molecule has 1 unspecified atom stereocenters. The van der Waals surface area contributed by atoms with Gasteiger partial charge in [0.1, 0.15) is 0 Å². The molecule has 78 valence electrons. The topological polar surface area (TPSA) is 42.3 Å². The molecule has 0 aromatic carbocycles. The number of rotatable bonds is 3. The van der Waals surface area contributed by atoms with Crippen molar-refractivity contribution in [1.82, 2.24) is 4.98 Å². The van der Waals surface area contributed by atoms with Crippen molar-refractivity contribution in [3.05, 3.63) is 24.0 Å². The first-order valence-electron chi connectivity index (χ1n) is 4.75. The first-order valence-corrected chi connectivity index (χ1v) is 6.44. The van der Waals surface area contributed by atoms with Crippen LogP contribution in [-0.4, -0.2) is 21.5 Å². The smallest absolute Gasteiger partial charge is 0.0764 e. The molecule has 1 aromatic heterocycles. The minimum atomic E-state index is -2.21. The SMILES string of the molecule is CCN=S(=O)(CC)c1ccc(C)nc1. The van der Waals surface area contributed by atoms with Crippen molar-refractivity contribution >= 4 is 9.73 Å². The third kappa shape index (κ3) is 2.32. The van der Waals surface area contributed by atoms with Crippen molar-refractivity contribution in [2.24, 2.45) is 4.36 Å². The average molecular weight is 212 g/mol. The van der Waals surface area contributed by atoms with E-state index < -0.39 is 9.73 Å². The zero-order valence-corrected chi connectivity index (χ0v) is 9.67. The van der Waals surface area contributed by atoms with Gasteiger partial charge in [-0.1, -0.05) is 6.92 Å². The standard InChI is InChI=1S/C10H16N2OS/c1-4-12-14(13,5-2)10-7-6-9(3)11-8-10/h6-8H,4-5H2,1-3H3. The Balaban J connectivity index is 3.21. The van der Waals surface area contributed by atoms with E-state index in [1.807, 2.05) is 32.9 Å². The van der Waals surface area contributed by atoms with Gasteiger partial charge in [-0.3, -0.25) is 4.98 Å². The second kappa shape index (κ2) is 4.55. The van der Waals surface area contributed by atoms with Gasteiger partial charge in [-0.15, -0.1) is 0 Å². The van der Waals surface area contributed by atoms with Gasteiger partial charge in [0, 0.05) is 24.2 Å². The minimum absolute atomic E-state index is 0.547. The summed E-state index contributed by atoms with van der Waals surface area (Å²) < 4.78 is 16.4. The van der Waals surface area contributed by atoms with E-state index in [2.05, 4.69) is 9.35 Å². The molecule has 0 radical (unpaired) electrons. The van der Waals surface area contributed by atoms with E-state index in [0.29, 0.717) is 12.3 Å². The molecule has 1 atom stereocenters. The Morgan fingerprint density at radius 1 is 1.43 bits per heavy atom. The van der Waals surface area contributed by atoms with E-state index in [-0.39, 0.29) is 0 Å². The van der Waals surface area contributed by atoms with Crippen LogP contribution in [0, 0.1) is 6.92 Å². The number of aryl methyl sites for hydroxylation is 1. The van der Waals surface area contributed by atoms with Crippen molar-refractivity contribution < 1.29 is 4.21 Å². The molecule has 1 aromatic rings. The van der Waals surface area contributed by atoms with Gasteiger partial charge in [-0.25, -0.2) is 8.57 Å². The average Bonchev–Trinajstić information content (AvgIpc) is 2.19. The monoisotopic (exact) mass is 212 g/mol. The Morgan fingerprint density at radius 2 is 2.14 bits per heavy atom. The molecular weight excluding hydrogens is 196 g/mol. The molecule has 0 fully saturated rings. The maximum atomic E-state index is 12.3. The van der Waals surface area contributed by atoms with Crippen molar-refractivity contribution in [2.45, 2.75) is 25.7 Å². The summed E-state index contributed by atoms with van der Waals surface area (Å²) >= 11 is 0. The maximum Gasteiger partial charge on any atom is 0.0764 e. The zero-order valence-electron chi connectivity index (χ0n) is 8.86. The molecule has 0 aliphatic carbocycles. The summed E-state index contributed by atoms with van der Waals surface area (Å²) in [6.07, 6.45) is 1.67. The van der Waals surface area contributed by atoms with Crippen LogP contribution in [0.15, 0.2) is 27.6 Å². The van der Waals surface area contributed by atoms with Crippen molar-refractivity contribution in [2.75, 3.05) is 12.3 Å². The molecule has 0 aliphatic rings.